The summed E-state index contributed by atoms with van der Waals surface area (Å²) in [5.74, 6) is 4.46. The molecule has 4 aliphatic rings. The van der Waals surface area contributed by atoms with E-state index < -0.39 is 0 Å². The summed E-state index contributed by atoms with van der Waals surface area (Å²) >= 11 is 3.75. The second kappa shape index (κ2) is 7.88. The lowest BCUT2D eigenvalue weighted by Crippen LogP contribution is -2.49. The Kier molecular flexibility index (Phi) is 5.84. The lowest BCUT2D eigenvalue weighted by Gasteiger charge is -2.51. The van der Waals surface area contributed by atoms with Crippen LogP contribution in [0.25, 0.3) is 0 Å². The molecule has 23 heavy (non-hydrogen) atoms. The molecule has 0 saturated carbocycles. The molecule has 0 unspecified atom stereocenters. The van der Waals surface area contributed by atoms with Crippen LogP contribution in [0.4, 0.5) is 0 Å². The quantitative estimate of drug-likeness (QED) is 0.349. The fraction of sp³-hybridized carbons (Fsp3) is 1.00. The minimum absolute atomic E-state index is 1.10. The molecule has 4 bridgehead atoms. The van der Waals surface area contributed by atoms with Crippen LogP contribution < -0.4 is 0 Å². The van der Waals surface area contributed by atoms with Gasteiger partial charge in [0.15, 0.2) is 0 Å². The molecule has 4 fully saturated rings. The minimum atomic E-state index is 1.10. The molecule has 4 rings (SSSR count). The molecular formula is C20H35B2Br. The second-order valence-electron chi connectivity index (χ2n) is 9.41. The van der Waals surface area contributed by atoms with Crippen molar-refractivity contribution in [1.82, 2.24) is 0 Å². The Morgan fingerprint density at radius 2 is 1.00 bits per heavy atom. The van der Waals surface area contributed by atoms with Gasteiger partial charge < -0.3 is 0 Å². The molecular weight excluding hydrogens is 342 g/mol. The summed E-state index contributed by atoms with van der Waals surface area (Å²) in [5, 5.41) is 1.23. The molecule has 128 valence electrons. The highest BCUT2D eigenvalue weighted by Gasteiger charge is 2.51. The van der Waals surface area contributed by atoms with E-state index in [2.05, 4.69) is 15.9 Å². The van der Waals surface area contributed by atoms with Gasteiger partial charge in [0.05, 0.1) is 0 Å². The third-order valence-electron chi connectivity index (χ3n) is 8.44. The van der Waals surface area contributed by atoms with Crippen LogP contribution in [0, 0.1) is 0 Å². The van der Waals surface area contributed by atoms with Crippen LogP contribution in [0.5, 0.6) is 0 Å². The van der Waals surface area contributed by atoms with Crippen LogP contribution in [0.1, 0.15) is 89.9 Å². The number of rotatable bonds is 5. The molecule has 0 amide bonds. The SMILES string of the molecule is BrCCCC(B1C2CCCC1CCC2)B1C2CCCC1CCC2. The van der Waals surface area contributed by atoms with E-state index in [-0.39, 0.29) is 0 Å². The van der Waals surface area contributed by atoms with Gasteiger partial charge in [-0.3, -0.25) is 0 Å². The van der Waals surface area contributed by atoms with Crippen LogP contribution in [0.2, 0.25) is 29.0 Å². The van der Waals surface area contributed by atoms with Crippen LogP contribution in [0.15, 0.2) is 0 Å². The van der Waals surface area contributed by atoms with Crippen molar-refractivity contribution in [3.05, 3.63) is 0 Å². The highest BCUT2D eigenvalue weighted by atomic mass is 79.9. The minimum Gasteiger partial charge on any atom is -0.0928 e. The van der Waals surface area contributed by atoms with Crippen molar-refractivity contribution in [2.45, 2.75) is 119 Å². The van der Waals surface area contributed by atoms with E-state index in [9.17, 15) is 0 Å². The van der Waals surface area contributed by atoms with Crippen molar-refractivity contribution in [1.29, 1.82) is 0 Å². The first kappa shape index (κ1) is 17.0. The molecule has 4 aliphatic heterocycles. The monoisotopic (exact) mass is 376 g/mol. The Labute approximate surface area is 153 Å². The molecule has 0 radical (unpaired) electrons. The van der Waals surface area contributed by atoms with Gasteiger partial charge in [0.2, 0.25) is 0 Å². The first-order valence-electron chi connectivity index (χ1n) is 10.9. The summed E-state index contributed by atoms with van der Waals surface area (Å²) in [7, 11) is 0. The summed E-state index contributed by atoms with van der Waals surface area (Å²) in [4.78, 5) is 0. The maximum atomic E-state index is 3.75. The van der Waals surface area contributed by atoms with Gasteiger partial charge in [0, 0.05) is 5.33 Å². The van der Waals surface area contributed by atoms with Crippen molar-refractivity contribution in [2.75, 3.05) is 5.33 Å². The molecule has 4 saturated heterocycles. The molecule has 0 N–H and O–H groups in total. The average Bonchev–Trinajstić information content (AvgIpc) is 2.54. The topological polar surface area (TPSA) is 0 Å². The largest absolute Gasteiger partial charge is 0.142 e. The van der Waals surface area contributed by atoms with Crippen LogP contribution in [-0.2, 0) is 0 Å². The standard InChI is InChI=1S/C20H35B2Br/c23-15-5-14-20(21-16-6-1-7-17(21)9-2-8-16)22-18-10-3-11-19(22)13-4-12-18/h16-20H,1-15H2. The second-order valence-corrected chi connectivity index (χ2v) is 10.2. The highest BCUT2D eigenvalue weighted by molar-refractivity contribution is 9.09. The van der Waals surface area contributed by atoms with Crippen LogP contribution in [0.3, 0.4) is 0 Å². The fourth-order valence-corrected chi connectivity index (χ4v) is 8.13. The van der Waals surface area contributed by atoms with Crippen molar-refractivity contribution >= 4 is 29.4 Å². The lowest BCUT2D eigenvalue weighted by atomic mass is 9.06. The van der Waals surface area contributed by atoms with Gasteiger partial charge in [-0.25, -0.2) is 0 Å². The van der Waals surface area contributed by atoms with Gasteiger partial charge in [0.1, 0.15) is 13.4 Å². The molecule has 0 atom stereocenters. The number of fused-ring (bicyclic) bond motifs is 4. The lowest BCUT2D eigenvalue weighted by molar-refractivity contribution is 0.422. The van der Waals surface area contributed by atoms with E-state index in [0.29, 0.717) is 0 Å². The number of halogens is 1. The first-order chi connectivity index (χ1) is 11.4. The average molecular weight is 377 g/mol. The first-order valence-corrected chi connectivity index (χ1v) is 12.1. The molecule has 0 aromatic heterocycles. The van der Waals surface area contributed by atoms with Gasteiger partial charge in [0.25, 0.3) is 0 Å². The Bertz CT molecular complexity index is 312. The van der Waals surface area contributed by atoms with Crippen molar-refractivity contribution in [2.24, 2.45) is 0 Å². The maximum Gasteiger partial charge on any atom is 0.142 e. The van der Waals surface area contributed by atoms with Crippen LogP contribution >= 0.6 is 15.9 Å². The summed E-state index contributed by atoms with van der Waals surface area (Å²) < 4.78 is 0. The molecule has 4 heterocycles. The predicted molar refractivity (Wildman–Crippen MR) is 109 cm³/mol. The zero-order chi connectivity index (χ0) is 15.6. The van der Waals surface area contributed by atoms with Crippen molar-refractivity contribution in [3.8, 4) is 0 Å². The number of hydrogen-bond acceptors (Lipinski definition) is 0. The fourth-order valence-electron chi connectivity index (χ4n) is 7.81. The summed E-state index contributed by atoms with van der Waals surface area (Å²) in [5.41, 5.74) is 1.10. The van der Waals surface area contributed by atoms with E-state index in [1.165, 1.54) is 11.8 Å². The predicted octanol–water partition coefficient (Wildman–Crippen LogP) is 7.28. The van der Waals surface area contributed by atoms with Crippen molar-refractivity contribution in [3.63, 3.8) is 0 Å². The smallest absolute Gasteiger partial charge is 0.0928 e. The molecule has 3 heteroatoms. The van der Waals surface area contributed by atoms with Gasteiger partial charge in [-0.1, -0.05) is 128 Å². The van der Waals surface area contributed by atoms with Gasteiger partial charge in [-0.15, -0.1) is 0 Å². The summed E-state index contributed by atoms with van der Waals surface area (Å²) in [6.07, 6.45) is 21.8. The maximum absolute atomic E-state index is 3.75. The summed E-state index contributed by atoms with van der Waals surface area (Å²) in [6.45, 7) is 2.26. The Morgan fingerprint density at radius 3 is 1.30 bits per heavy atom. The number of alkyl halides is 1. The molecule has 0 aromatic rings. The van der Waals surface area contributed by atoms with Gasteiger partial charge in [-0.05, 0) is 6.42 Å². The Hall–Kier alpha value is 0.610. The van der Waals surface area contributed by atoms with Gasteiger partial charge >= 0.3 is 0 Å². The molecule has 0 aliphatic carbocycles. The zero-order valence-electron chi connectivity index (χ0n) is 15.0. The summed E-state index contributed by atoms with van der Waals surface area (Å²) in [6, 6.07) is 0. The number of hydrogen-bond donors (Lipinski definition) is 0. The highest BCUT2D eigenvalue weighted by Crippen LogP contribution is 2.58. The van der Waals surface area contributed by atoms with E-state index in [4.69, 9.17) is 0 Å². The van der Waals surface area contributed by atoms with E-state index in [1.54, 1.807) is 83.5 Å². The third-order valence-corrected chi connectivity index (χ3v) is 9.00. The molecule has 0 spiro atoms. The van der Waals surface area contributed by atoms with E-state index in [0.717, 1.165) is 42.4 Å². The Morgan fingerprint density at radius 1 is 0.652 bits per heavy atom. The zero-order valence-corrected chi connectivity index (χ0v) is 16.6. The Balaban J connectivity index is 1.58. The third kappa shape index (κ3) is 3.47. The molecule has 0 nitrogen and oxygen atoms in total. The molecule has 0 aromatic carbocycles. The van der Waals surface area contributed by atoms with Crippen LogP contribution in [-0.4, -0.2) is 18.8 Å². The van der Waals surface area contributed by atoms with Gasteiger partial charge in [-0.2, -0.15) is 0 Å². The van der Waals surface area contributed by atoms with E-state index in [1.807, 2.05) is 0 Å². The van der Waals surface area contributed by atoms with E-state index >= 15 is 0 Å². The van der Waals surface area contributed by atoms with Crippen molar-refractivity contribution < 1.29 is 0 Å². The normalized spacial score (nSPS) is 38.5.